The molecule has 1 aliphatic heterocycles. The van der Waals surface area contributed by atoms with E-state index in [0.29, 0.717) is 5.95 Å². The van der Waals surface area contributed by atoms with E-state index in [4.69, 9.17) is 4.74 Å². The molecular weight excluding hydrogens is 426 g/mol. The predicted molar refractivity (Wildman–Crippen MR) is 129 cm³/mol. The summed E-state index contributed by atoms with van der Waals surface area (Å²) in [5.74, 6) is 2.19. The molecule has 0 saturated carbocycles. The molecule has 8 nitrogen and oxygen atoms in total. The van der Waals surface area contributed by atoms with Gasteiger partial charge in [0.1, 0.15) is 11.6 Å². The van der Waals surface area contributed by atoms with Gasteiger partial charge in [-0.25, -0.2) is 9.97 Å². The first-order chi connectivity index (χ1) is 15.3. The molecule has 3 aromatic heterocycles. The monoisotopic (exact) mass is 451 g/mol. The largest absolute Gasteiger partial charge is 0.494 e. The predicted octanol–water partition coefficient (Wildman–Crippen LogP) is 3.60. The quantitative estimate of drug-likeness (QED) is 0.412. The molecule has 0 amide bonds. The molecule has 32 heavy (non-hydrogen) atoms. The molecule has 0 radical (unpaired) electrons. The van der Waals surface area contributed by atoms with Crippen LogP contribution in [0.2, 0.25) is 0 Å². The van der Waals surface area contributed by atoms with Crippen LogP contribution in [0.1, 0.15) is 5.56 Å². The van der Waals surface area contributed by atoms with Crippen LogP contribution in [-0.4, -0.2) is 58.1 Å². The maximum absolute atomic E-state index is 5.45. The zero-order valence-electron chi connectivity index (χ0n) is 17.8. The van der Waals surface area contributed by atoms with Crippen LogP contribution in [0.15, 0.2) is 55.0 Å². The van der Waals surface area contributed by atoms with Gasteiger partial charge in [-0.2, -0.15) is 0 Å². The second-order valence-corrected chi connectivity index (χ2v) is 7.59. The van der Waals surface area contributed by atoms with Gasteiger partial charge in [-0.1, -0.05) is 6.07 Å². The van der Waals surface area contributed by atoms with Crippen LogP contribution in [-0.2, 0) is 6.54 Å². The van der Waals surface area contributed by atoms with Crippen molar-refractivity contribution in [2.24, 2.45) is 0 Å². The van der Waals surface area contributed by atoms with Gasteiger partial charge in [-0.15, -0.1) is 12.4 Å². The number of aromatic amines is 1. The fourth-order valence-electron chi connectivity index (χ4n) is 3.91. The lowest BCUT2D eigenvalue weighted by molar-refractivity contribution is 0.233. The van der Waals surface area contributed by atoms with Crippen LogP contribution >= 0.6 is 12.4 Å². The number of nitrogens with one attached hydrogen (secondary N) is 3. The Morgan fingerprint density at radius 3 is 2.81 bits per heavy atom. The number of fused-ring (bicyclic) bond motifs is 1. The third-order valence-electron chi connectivity index (χ3n) is 5.48. The second kappa shape index (κ2) is 9.95. The molecule has 0 atom stereocenters. The van der Waals surface area contributed by atoms with Gasteiger partial charge in [0.15, 0.2) is 0 Å². The Hall–Kier alpha value is -3.20. The zero-order valence-corrected chi connectivity index (χ0v) is 18.7. The van der Waals surface area contributed by atoms with Crippen molar-refractivity contribution in [3.05, 3.63) is 60.6 Å². The Kier molecular flexibility index (Phi) is 6.84. The summed E-state index contributed by atoms with van der Waals surface area (Å²) in [6.45, 7) is 5.15. The zero-order chi connectivity index (χ0) is 21.0. The van der Waals surface area contributed by atoms with Crippen LogP contribution in [0, 0.1) is 0 Å². The van der Waals surface area contributed by atoms with Gasteiger partial charge in [-0.05, 0) is 41.5 Å². The van der Waals surface area contributed by atoms with Crippen LogP contribution in [0.5, 0.6) is 5.75 Å². The Bertz CT molecular complexity index is 1190. The van der Waals surface area contributed by atoms with Crippen molar-refractivity contribution in [3.63, 3.8) is 0 Å². The molecule has 1 aliphatic rings. The summed E-state index contributed by atoms with van der Waals surface area (Å²) in [6, 6.07) is 12.2. The van der Waals surface area contributed by atoms with Crippen LogP contribution in [0.25, 0.3) is 22.2 Å². The maximum Gasteiger partial charge on any atom is 0.206 e. The lowest BCUT2D eigenvalue weighted by atomic mass is 10.1. The molecule has 5 rings (SSSR count). The van der Waals surface area contributed by atoms with Crippen molar-refractivity contribution in [2.45, 2.75) is 6.54 Å². The smallest absolute Gasteiger partial charge is 0.206 e. The lowest BCUT2D eigenvalue weighted by Crippen LogP contribution is -2.42. The minimum absolute atomic E-state index is 0. The summed E-state index contributed by atoms with van der Waals surface area (Å²) in [7, 11) is 1.65. The highest BCUT2D eigenvalue weighted by molar-refractivity contribution is 5.85. The number of benzene rings is 1. The van der Waals surface area contributed by atoms with E-state index in [1.165, 1.54) is 5.56 Å². The topological polar surface area (TPSA) is 91.0 Å². The number of methoxy groups -OCH3 is 1. The molecule has 4 aromatic rings. The average molecular weight is 452 g/mol. The highest BCUT2D eigenvalue weighted by atomic mass is 35.5. The summed E-state index contributed by atoms with van der Waals surface area (Å²) in [4.78, 5) is 19.1. The van der Waals surface area contributed by atoms with Gasteiger partial charge in [0.05, 0.1) is 24.3 Å². The summed E-state index contributed by atoms with van der Waals surface area (Å²) < 4.78 is 5.45. The number of hydrogen-bond acceptors (Lipinski definition) is 7. The van der Waals surface area contributed by atoms with E-state index >= 15 is 0 Å². The number of nitrogens with zero attached hydrogens (tertiary/aromatic N) is 4. The molecule has 0 spiro atoms. The number of piperazine rings is 1. The highest BCUT2D eigenvalue weighted by Crippen LogP contribution is 2.31. The van der Waals surface area contributed by atoms with E-state index in [0.717, 1.165) is 66.5 Å². The number of aromatic nitrogens is 4. The van der Waals surface area contributed by atoms with Gasteiger partial charge in [-0.3, -0.25) is 9.88 Å². The van der Waals surface area contributed by atoms with Crippen molar-refractivity contribution in [3.8, 4) is 16.9 Å². The summed E-state index contributed by atoms with van der Waals surface area (Å²) in [6.07, 6.45) is 5.33. The number of H-pyrrole nitrogens is 1. The van der Waals surface area contributed by atoms with E-state index in [-0.39, 0.29) is 12.4 Å². The first-order valence-electron chi connectivity index (χ1n) is 10.4. The number of rotatable bonds is 6. The summed E-state index contributed by atoms with van der Waals surface area (Å²) >= 11 is 0. The normalized spacial score (nSPS) is 14.2. The average Bonchev–Trinajstić information content (AvgIpc) is 3.21. The standard InChI is InChI=1S/C23H25N7O.ClH/c1-31-21-14-25-6-5-18(21)17-2-3-19-20(13-17)28-23(27-19)29-22-12-16(4-7-26-22)15-30-10-8-24-9-11-30;/h2-7,12-14,24H,8-11,15H2,1H3,(H2,26,27,28,29);1H. The molecule has 1 fully saturated rings. The minimum Gasteiger partial charge on any atom is -0.494 e. The van der Waals surface area contributed by atoms with Gasteiger partial charge in [0, 0.05) is 50.7 Å². The van der Waals surface area contributed by atoms with E-state index < -0.39 is 0 Å². The Morgan fingerprint density at radius 1 is 1.09 bits per heavy atom. The Balaban J connectivity index is 0.00000245. The molecule has 0 unspecified atom stereocenters. The third-order valence-corrected chi connectivity index (χ3v) is 5.48. The molecule has 4 heterocycles. The van der Waals surface area contributed by atoms with Crippen molar-refractivity contribution in [1.82, 2.24) is 30.2 Å². The van der Waals surface area contributed by atoms with E-state index in [1.807, 2.05) is 24.4 Å². The number of ether oxygens (including phenoxy) is 1. The fraction of sp³-hybridized carbons (Fsp3) is 0.261. The molecule has 166 valence electrons. The van der Waals surface area contributed by atoms with Gasteiger partial charge >= 0.3 is 0 Å². The third kappa shape index (κ3) is 4.83. The van der Waals surface area contributed by atoms with E-state index in [9.17, 15) is 0 Å². The number of halogens is 1. The number of anilines is 2. The van der Waals surface area contributed by atoms with Crippen LogP contribution < -0.4 is 15.4 Å². The lowest BCUT2D eigenvalue weighted by Gasteiger charge is -2.27. The van der Waals surface area contributed by atoms with E-state index in [1.54, 1.807) is 19.5 Å². The van der Waals surface area contributed by atoms with Crippen molar-refractivity contribution in [2.75, 3.05) is 38.6 Å². The number of imidazole rings is 1. The fourth-order valence-corrected chi connectivity index (χ4v) is 3.91. The number of hydrogen-bond donors (Lipinski definition) is 3. The molecule has 0 aliphatic carbocycles. The van der Waals surface area contributed by atoms with Crippen LogP contribution in [0.3, 0.4) is 0 Å². The van der Waals surface area contributed by atoms with Gasteiger partial charge < -0.3 is 20.4 Å². The summed E-state index contributed by atoms with van der Waals surface area (Å²) in [5.41, 5.74) is 5.10. The molecule has 0 bridgehead atoms. The molecule has 1 saturated heterocycles. The Morgan fingerprint density at radius 2 is 1.97 bits per heavy atom. The molecule has 1 aromatic carbocycles. The van der Waals surface area contributed by atoms with Crippen molar-refractivity contribution < 1.29 is 4.74 Å². The van der Waals surface area contributed by atoms with E-state index in [2.05, 4.69) is 53.7 Å². The van der Waals surface area contributed by atoms with Crippen LogP contribution in [0.4, 0.5) is 11.8 Å². The number of pyridine rings is 2. The second-order valence-electron chi connectivity index (χ2n) is 7.59. The Labute approximate surface area is 192 Å². The molecular formula is C23H26ClN7O. The molecule has 9 heteroatoms. The maximum atomic E-state index is 5.45. The summed E-state index contributed by atoms with van der Waals surface area (Å²) in [5, 5.41) is 6.70. The highest BCUT2D eigenvalue weighted by Gasteiger charge is 2.12. The SMILES string of the molecule is COc1cnccc1-c1ccc2nc(Nc3cc(CN4CCNCC4)ccn3)[nH]c2c1.Cl. The minimum atomic E-state index is 0. The molecule has 3 N–H and O–H groups in total. The van der Waals surface area contributed by atoms with Crippen molar-refractivity contribution in [1.29, 1.82) is 0 Å². The van der Waals surface area contributed by atoms with Gasteiger partial charge in [0.2, 0.25) is 5.95 Å². The van der Waals surface area contributed by atoms with Crippen molar-refractivity contribution >= 4 is 35.2 Å². The first-order valence-corrected chi connectivity index (χ1v) is 10.4. The first kappa shape index (κ1) is 22.0. The van der Waals surface area contributed by atoms with Gasteiger partial charge in [0.25, 0.3) is 0 Å².